The molecule has 0 bridgehead atoms. The van der Waals surface area contributed by atoms with Gasteiger partial charge in [0.1, 0.15) is 6.04 Å². The molecule has 7 heteroatoms. The second-order valence-corrected chi connectivity index (χ2v) is 4.51. The van der Waals surface area contributed by atoms with E-state index < -0.39 is 12.0 Å². The van der Waals surface area contributed by atoms with Crippen LogP contribution in [0, 0.1) is 12.3 Å². The maximum Gasteiger partial charge on any atom is 0.308 e. The van der Waals surface area contributed by atoms with Crippen molar-refractivity contribution in [3.8, 4) is 12.3 Å². The first-order valence-electron chi connectivity index (χ1n) is 5.86. The van der Waals surface area contributed by atoms with Crippen LogP contribution in [0.4, 0.5) is 5.69 Å². The third kappa shape index (κ3) is 5.50. The van der Waals surface area contributed by atoms with Gasteiger partial charge in [0.25, 0.3) is 0 Å². The zero-order valence-electron chi connectivity index (χ0n) is 11.0. The normalized spacial score (nSPS) is 11.9. The number of benzene rings is 1. The first kappa shape index (κ1) is 16.3. The molecule has 20 heavy (non-hydrogen) atoms. The predicted molar refractivity (Wildman–Crippen MR) is 75.3 cm³/mol. The Bertz CT molecular complexity index is 490. The Hall–Kier alpha value is -1.72. The van der Waals surface area contributed by atoms with E-state index in [0.717, 1.165) is 12.0 Å². The van der Waals surface area contributed by atoms with Crippen LogP contribution in [-0.2, 0) is 13.8 Å². The number of hydrogen-bond acceptors (Lipinski definition) is 7. The van der Waals surface area contributed by atoms with Gasteiger partial charge in [-0.2, -0.15) is 4.28 Å². The van der Waals surface area contributed by atoms with E-state index in [4.69, 9.17) is 21.2 Å². The molecule has 0 heterocycles. The highest BCUT2D eigenvalue weighted by Gasteiger charge is 2.20. The first-order chi connectivity index (χ1) is 9.56. The molecule has 0 saturated carbocycles. The monoisotopic (exact) mass is 296 g/mol. The summed E-state index contributed by atoms with van der Waals surface area (Å²) in [5.41, 5.74) is 6.18. The summed E-state index contributed by atoms with van der Waals surface area (Å²) in [6.07, 6.45) is 5.07. The summed E-state index contributed by atoms with van der Waals surface area (Å²) < 4.78 is 9.77. The van der Waals surface area contributed by atoms with Crippen molar-refractivity contribution in [1.82, 2.24) is 5.23 Å². The quantitative estimate of drug-likeness (QED) is 0.261. The number of rotatable bonds is 7. The fourth-order valence-corrected chi connectivity index (χ4v) is 1.86. The number of nitrogens with two attached hydrogens (primary N) is 1. The minimum Gasteiger partial charge on any atom is -0.466 e. The van der Waals surface area contributed by atoms with Crippen LogP contribution in [0.3, 0.4) is 0 Å². The highest BCUT2D eigenvalue weighted by Crippen LogP contribution is 2.23. The van der Waals surface area contributed by atoms with Crippen molar-refractivity contribution in [2.45, 2.75) is 24.3 Å². The number of nitrogens with zero attached hydrogens (tertiary/aromatic N) is 1. The number of carbonyl (C=O) groups is 1. The highest BCUT2D eigenvalue weighted by atomic mass is 32.2. The van der Waals surface area contributed by atoms with E-state index in [0.29, 0.717) is 15.8 Å². The fourth-order valence-electron chi connectivity index (χ4n) is 1.28. The topological polar surface area (TPSA) is 85.0 Å². The Morgan fingerprint density at radius 2 is 2.40 bits per heavy atom. The van der Waals surface area contributed by atoms with E-state index in [2.05, 4.69) is 5.92 Å². The van der Waals surface area contributed by atoms with Gasteiger partial charge in [-0.3, -0.25) is 10.0 Å². The average Bonchev–Trinajstić information content (AvgIpc) is 2.42. The number of anilines is 1. The molecule has 0 radical (unpaired) electrons. The number of hydroxylamine groups is 2. The van der Waals surface area contributed by atoms with Crippen LogP contribution in [0.2, 0.25) is 0 Å². The predicted octanol–water partition coefficient (Wildman–Crippen LogP) is 1.85. The van der Waals surface area contributed by atoms with Crippen molar-refractivity contribution < 1.29 is 19.0 Å². The summed E-state index contributed by atoms with van der Waals surface area (Å²) in [4.78, 5) is 12.0. The van der Waals surface area contributed by atoms with Crippen molar-refractivity contribution in [3.63, 3.8) is 0 Å². The minimum atomic E-state index is -0.928. The molecule has 3 N–H and O–H groups in total. The van der Waals surface area contributed by atoms with E-state index in [1.54, 1.807) is 31.2 Å². The number of terminal acetylenes is 1. The highest BCUT2D eigenvalue weighted by molar-refractivity contribution is 7.94. The van der Waals surface area contributed by atoms with Gasteiger partial charge in [0.2, 0.25) is 0 Å². The molecule has 0 saturated heterocycles. The maximum atomic E-state index is 11.3. The standard InChI is InChI=1S/C13H16N2O4S/c1-3-11(9-13(16)18-4-2)15(17)19-20-12-7-5-6-10(14)8-12/h1,5-8,11,17H,4,9,14H2,2H3/t11-/m1/s1. The third-order valence-corrected chi connectivity index (χ3v) is 2.87. The minimum absolute atomic E-state index is 0.168. The molecule has 1 aromatic rings. The molecule has 0 aliphatic heterocycles. The number of esters is 1. The molecule has 0 amide bonds. The molecule has 1 aromatic carbocycles. The summed E-state index contributed by atoms with van der Waals surface area (Å²) in [7, 11) is 0. The van der Waals surface area contributed by atoms with Gasteiger partial charge >= 0.3 is 5.97 Å². The van der Waals surface area contributed by atoms with Crippen LogP contribution in [0.1, 0.15) is 13.3 Å². The molecule has 0 spiro atoms. The largest absolute Gasteiger partial charge is 0.466 e. The van der Waals surface area contributed by atoms with Crippen molar-refractivity contribution in [2.24, 2.45) is 0 Å². The lowest BCUT2D eigenvalue weighted by Gasteiger charge is -2.18. The Morgan fingerprint density at radius 1 is 1.65 bits per heavy atom. The Labute approximate surface area is 122 Å². The molecular formula is C13H16N2O4S. The second-order valence-electron chi connectivity index (χ2n) is 3.72. The van der Waals surface area contributed by atoms with Crippen LogP contribution in [0.5, 0.6) is 0 Å². The maximum absolute atomic E-state index is 11.3. The smallest absolute Gasteiger partial charge is 0.308 e. The van der Waals surface area contributed by atoms with Gasteiger partial charge < -0.3 is 10.5 Å². The van der Waals surface area contributed by atoms with Crippen molar-refractivity contribution in [1.29, 1.82) is 0 Å². The van der Waals surface area contributed by atoms with Crippen molar-refractivity contribution in [2.75, 3.05) is 12.3 Å². The van der Waals surface area contributed by atoms with Crippen molar-refractivity contribution >= 4 is 23.7 Å². The van der Waals surface area contributed by atoms with Crippen molar-refractivity contribution in [3.05, 3.63) is 24.3 Å². The molecule has 0 aromatic heterocycles. The van der Waals surface area contributed by atoms with Gasteiger partial charge in [-0.1, -0.05) is 12.0 Å². The summed E-state index contributed by atoms with van der Waals surface area (Å²) in [6, 6.07) is 5.98. The fraction of sp³-hybridized carbons (Fsp3) is 0.308. The van der Waals surface area contributed by atoms with Crippen LogP contribution in [0.15, 0.2) is 29.2 Å². The SMILES string of the molecule is C#C[C@H](CC(=O)OCC)N(O)OSc1cccc(N)c1. The summed E-state index contributed by atoms with van der Waals surface area (Å²) in [6.45, 7) is 1.94. The second kappa shape index (κ2) is 8.45. The lowest BCUT2D eigenvalue weighted by Crippen LogP contribution is -2.32. The molecular weight excluding hydrogens is 280 g/mol. The van der Waals surface area contributed by atoms with Crippen LogP contribution in [-0.4, -0.2) is 29.1 Å². The zero-order chi connectivity index (χ0) is 15.0. The number of carbonyl (C=O) groups excluding carboxylic acids is 1. The van der Waals surface area contributed by atoms with E-state index in [9.17, 15) is 10.0 Å². The van der Waals surface area contributed by atoms with Crippen LogP contribution < -0.4 is 5.73 Å². The van der Waals surface area contributed by atoms with E-state index in [1.807, 2.05) is 0 Å². The summed E-state index contributed by atoms with van der Waals surface area (Å²) in [5.74, 6) is 1.74. The van der Waals surface area contributed by atoms with E-state index >= 15 is 0 Å². The van der Waals surface area contributed by atoms with Gasteiger partial charge in [0.15, 0.2) is 0 Å². The molecule has 6 nitrogen and oxygen atoms in total. The van der Waals surface area contributed by atoms with Gasteiger partial charge in [-0.05, 0) is 30.3 Å². The van der Waals surface area contributed by atoms with Gasteiger partial charge in [0, 0.05) is 10.6 Å². The first-order valence-corrected chi connectivity index (χ1v) is 6.61. The molecule has 0 fully saturated rings. The third-order valence-electron chi connectivity index (χ3n) is 2.19. The van der Waals surface area contributed by atoms with Gasteiger partial charge in [-0.25, -0.2) is 0 Å². The Balaban J connectivity index is 2.49. The molecule has 0 aliphatic carbocycles. The molecule has 1 rings (SSSR count). The van der Waals surface area contributed by atoms with E-state index in [-0.39, 0.29) is 13.0 Å². The zero-order valence-corrected chi connectivity index (χ0v) is 11.8. The van der Waals surface area contributed by atoms with Gasteiger partial charge in [0.05, 0.1) is 25.1 Å². The molecule has 1 atom stereocenters. The number of ether oxygens (including phenoxy) is 1. The lowest BCUT2D eigenvalue weighted by atomic mass is 10.2. The Morgan fingerprint density at radius 3 is 3.00 bits per heavy atom. The molecule has 108 valence electrons. The Kier molecular flexibility index (Phi) is 6.90. The average molecular weight is 296 g/mol. The van der Waals surface area contributed by atoms with E-state index in [1.165, 1.54) is 0 Å². The number of nitrogen functional groups attached to an aromatic ring is 1. The summed E-state index contributed by atoms with van der Waals surface area (Å²) in [5, 5.41) is 10.1. The molecule has 0 unspecified atom stereocenters. The van der Waals surface area contributed by atoms with Crippen LogP contribution in [0.25, 0.3) is 0 Å². The van der Waals surface area contributed by atoms with Gasteiger partial charge in [-0.15, -0.1) is 6.42 Å². The number of hydrogen-bond donors (Lipinski definition) is 2. The summed E-state index contributed by atoms with van der Waals surface area (Å²) >= 11 is 0.875. The lowest BCUT2D eigenvalue weighted by molar-refractivity contribution is -0.288. The van der Waals surface area contributed by atoms with Crippen LogP contribution >= 0.6 is 12.0 Å². The molecule has 0 aliphatic rings.